The van der Waals surface area contributed by atoms with Crippen LogP contribution in [0, 0.1) is 29.5 Å². The maximum absolute atomic E-state index is 14.1. The summed E-state index contributed by atoms with van der Waals surface area (Å²) in [6, 6.07) is 12.8. The molecule has 0 amide bonds. The Kier molecular flexibility index (Phi) is 7.09. The summed E-state index contributed by atoms with van der Waals surface area (Å²) in [7, 11) is 0. The van der Waals surface area contributed by atoms with Gasteiger partial charge in [-0.15, -0.1) is 0 Å². The van der Waals surface area contributed by atoms with E-state index in [9.17, 15) is 8.78 Å². The van der Waals surface area contributed by atoms with E-state index in [1.807, 2.05) is 12.1 Å². The van der Waals surface area contributed by atoms with E-state index in [4.69, 9.17) is 5.73 Å². The second-order valence-corrected chi connectivity index (χ2v) is 7.92. The summed E-state index contributed by atoms with van der Waals surface area (Å²) in [5.74, 6) is 2.40. The van der Waals surface area contributed by atoms with Gasteiger partial charge in [0, 0.05) is 6.04 Å². The molecule has 0 radical (unpaired) electrons. The fourth-order valence-electron chi connectivity index (χ4n) is 4.35. The van der Waals surface area contributed by atoms with Crippen LogP contribution in [-0.2, 0) is 0 Å². The highest BCUT2D eigenvalue weighted by Crippen LogP contribution is 2.38. The number of hydrogen-bond donors (Lipinski definition) is 1. The van der Waals surface area contributed by atoms with E-state index in [0.717, 1.165) is 11.5 Å². The molecule has 0 spiro atoms. The van der Waals surface area contributed by atoms with Crippen LogP contribution in [0.25, 0.3) is 11.1 Å². The largest absolute Gasteiger partial charge is 0.359 e. The average molecular weight is 382 g/mol. The summed E-state index contributed by atoms with van der Waals surface area (Å²) in [6.45, 7) is 2.26. The van der Waals surface area contributed by atoms with Crippen LogP contribution in [0.1, 0.15) is 75.3 Å². The van der Waals surface area contributed by atoms with Crippen LogP contribution in [0.15, 0.2) is 36.4 Å². The molecule has 1 aliphatic rings. The lowest BCUT2D eigenvalue weighted by Crippen LogP contribution is -2.13. The van der Waals surface area contributed by atoms with Crippen LogP contribution in [0.2, 0.25) is 0 Å². The molecule has 3 heteroatoms. The normalized spacial score (nSPS) is 19.1. The molecule has 2 aromatic carbocycles. The van der Waals surface area contributed by atoms with Crippen LogP contribution in [0.4, 0.5) is 8.78 Å². The molecule has 2 N–H and O–H groups in total. The van der Waals surface area contributed by atoms with Crippen molar-refractivity contribution in [2.24, 2.45) is 11.7 Å². The Hall–Kier alpha value is -2.34. The van der Waals surface area contributed by atoms with Gasteiger partial charge < -0.3 is 5.73 Å². The minimum atomic E-state index is -0.682. The van der Waals surface area contributed by atoms with Gasteiger partial charge in [0.1, 0.15) is 11.6 Å². The van der Waals surface area contributed by atoms with Gasteiger partial charge in [-0.3, -0.25) is 0 Å². The number of unbranched alkanes of at least 4 members (excludes halogenated alkanes) is 2. The van der Waals surface area contributed by atoms with E-state index in [-0.39, 0.29) is 5.56 Å². The lowest BCUT2D eigenvalue weighted by molar-refractivity contribution is 0.303. The topological polar surface area (TPSA) is 26.0 Å². The van der Waals surface area contributed by atoms with Crippen molar-refractivity contribution in [1.29, 1.82) is 0 Å². The summed E-state index contributed by atoms with van der Waals surface area (Å²) in [5, 5.41) is 0. The Labute approximate surface area is 167 Å². The minimum Gasteiger partial charge on any atom is -0.359 e. The van der Waals surface area contributed by atoms with Crippen LogP contribution in [0.3, 0.4) is 0 Å². The lowest BCUT2D eigenvalue weighted by Gasteiger charge is -2.29. The molecule has 0 atom stereocenters. The van der Waals surface area contributed by atoms with E-state index in [0.29, 0.717) is 11.5 Å². The fourth-order valence-corrected chi connectivity index (χ4v) is 4.35. The van der Waals surface area contributed by atoms with Crippen LogP contribution >= 0.6 is 0 Å². The molecule has 2 aromatic rings. The first-order valence-electron chi connectivity index (χ1n) is 10.4. The van der Waals surface area contributed by atoms with Crippen molar-refractivity contribution < 1.29 is 8.78 Å². The van der Waals surface area contributed by atoms with Crippen molar-refractivity contribution in [2.75, 3.05) is 0 Å². The second-order valence-electron chi connectivity index (χ2n) is 7.92. The standard InChI is InChI=1S/C25H29F2N/c1-2-3-4-5-18-6-8-19(9-7-18)20-10-12-21(13-11-20)22-16-24(26)23(14-15-28)25(27)17-22/h10-13,16-19H,2-9,28H2,1H3. The van der Waals surface area contributed by atoms with Gasteiger partial charge in [0.2, 0.25) is 0 Å². The van der Waals surface area contributed by atoms with Crippen LogP contribution in [-0.4, -0.2) is 0 Å². The molecule has 0 heterocycles. The third kappa shape index (κ3) is 4.93. The predicted octanol–water partition coefficient (Wildman–Crippen LogP) is 6.75. The zero-order chi connectivity index (χ0) is 19.9. The van der Waals surface area contributed by atoms with E-state index in [1.165, 1.54) is 69.1 Å². The van der Waals surface area contributed by atoms with E-state index in [2.05, 4.69) is 31.0 Å². The van der Waals surface area contributed by atoms with Gasteiger partial charge in [0.05, 0.1) is 5.56 Å². The maximum atomic E-state index is 14.1. The monoisotopic (exact) mass is 381 g/mol. The Morgan fingerprint density at radius 3 is 2.14 bits per heavy atom. The van der Waals surface area contributed by atoms with Crippen molar-refractivity contribution in [3.63, 3.8) is 0 Å². The summed E-state index contributed by atoms with van der Waals surface area (Å²) < 4.78 is 28.2. The zero-order valence-electron chi connectivity index (χ0n) is 16.6. The van der Waals surface area contributed by atoms with Gasteiger partial charge in [0.15, 0.2) is 0 Å². The van der Waals surface area contributed by atoms with Gasteiger partial charge >= 0.3 is 0 Å². The summed E-state index contributed by atoms with van der Waals surface area (Å²) >= 11 is 0. The highest BCUT2D eigenvalue weighted by molar-refractivity contribution is 5.65. The Morgan fingerprint density at radius 1 is 0.929 bits per heavy atom. The first-order chi connectivity index (χ1) is 13.6. The smallest absolute Gasteiger partial charge is 0.142 e. The molecule has 0 bridgehead atoms. The summed E-state index contributed by atoms with van der Waals surface area (Å²) in [4.78, 5) is 0. The van der Waals surface area contributed by atoms with Crippen molar-refractivity contribution in [3.05, 3.63) is 59.2 Å². The number of hydrogen-bond acceptors (Lipinski definition) is 1. The number of benzene rings is 2. The molecule has 0 aliphatic heterocycles. The molecule has 3 rings (SSSR count). The van der Waals surface area contributed by atoms with Crippen molar-refractivity contribution in [1.82, 2.24) is 0 Å². The molecule has 1 aliphatic carbocycles. The van der Waals surface area contributed by atoms with E-state index < -0.39 is 11.6 Å². The summed E-state index contributed by atoms with van der Waals surface area (Å²) in [6.07, 6.45) is 10.5. The third-order valence-corrected chi connectivity index (χ3v) is 6.02. The molecule has 0 unspecified atom stereocenters. The Balaban J connectivity index is 1.65. The average Bonchev–Trinajstić information content (AvgIpc) is 2.71. The van der Waals surface area contributed by atoms with E-state index in [1.54, 1.807) is 0 Å². The molecule has 28 heavy (non-hydrogen) atoms. The van der Waals surface area contributed by atoms with Gasteiger partial charge in [-0.05, 0) is 72.3 Å². The first-order valence-corrected chi connectivity index (χ1v) is 10.4. The van der Waals surface area contributed by atoms with Gasteiger partial charge in [-0.25, -0.2) is 8.78 Å². The van der Waals surface area contributed by atoms with Crippen LogP contribution in [0.5, 0.6) is 0 Å². The molecule has 1 saturated carbocycles. The molecule has 1 fully saturated rings. The van der Waals surface area contributed by atoms with Crippen molar-refractivity contribution >= 4 is 0 Å². The number of rotatable bonds is 6. The Bertz CT molecular complexity index is 814. The SMILES string of the molecule is CCCCCC1CCC(c2ccc(-c3cc(F)c(C#CN)c(F)c3)cc2)CC1. The van der Waals surface area contributed by atoms with Crippen molar-refractivity contribution in [2.45, 2.75) is 64.2 Å². The molecule has 0 aromatic heterocycles. The molecular weight excluding hydrogens is 352 g/mol. The van der Waals surface area contributed by atoms with E-state index >= 15 is 0 Å². The quantitative estimate of drug-likeness (QED) is 0.334. The molecular formula is C25H29F2N. The fraction of sp³-hybridized carbons (Fsp3) is 0.440. The molecule has 1 nitrogen and oxygen atoms in total. The van der Waals surface area contributed by atoms with Crippen molar-refractivity contribution in [3.8, 4) is 23.1 Å². The first kappa shape index (κ1) is 20.4. The number of halogens is 2. The second kappa shape index (κ2) is 9.73. The van der Waals surface area contributed by atoms with Gasteiger partial charge in [-0.2, -0.15) is 0 Å². The zero-order valence-corrected chi connectivity index (χ0v) is 16.6. The highest BCUT2D eigenvalue weighted by atomic mass is 19.1. The van der Waals surface area contributed by atoms with Gasteiger partial charge in [0.25, 0.3) is 0 Å². The third-order valence-electron chi connectivity index (χ3n) is 6.02. The Morgan fingerprint density at radius 2 is 1.57 bits per heavy atom. The highest BCUT2D eigenvalue weighted by Gasteiger charge is 2.22. The number of nitrogens with two attached hydrogens (primary N) is 1. The van der Waals surface area contributed by atoms with Gasteiger partial charge in [-0.1, -0.05) is 56.9 Å². The minimum absolute atomic E-state index is 0.279. The molecule has 0 saturated heterocycles. The molecule has 148 valence electrons. The lowest BCUT2D eigenvalue weighted by atomic mass is 9.77. The predicted molar refractivity (Wildman–Crippen MR) is 112 cm³/mol. The van der Waals surface area contributed by atoms with Crippen LogP contribution < -0.4 is 5.73 Å². The summed E-state index contributed by atoms with van der Waals surface area (Å²) in [5.41, 5.74) is 7.46. The maximum Gasteiger partial charge on any atom is 0.142 e.